The maximum Gasteiger partial charge on any atom is 0.258 e. The van der Waals surface area contributed by atoms with E-state index in [2.05, 4.69) is 10.3 Å². The first kappa shape index (κ1) is 16.4. The van der Waals surface area contributed by atoms with E-state index in [-0.39, 0.29) is 11.3 Å². The van der Waals surface area contributed by atoms with Crippen molar-refractivity contribution in [2.45, 2.75) is 0 Å². The largest absolute Gasteiger partial charge is 0.504 e. The number of aromatic hydroxyl groups is 1. The summed E-state index contributed by atoms with van der Waals surface area (Å²) in [6.45, 7) is 0. The number of carbonyl (C=O) groups excluding carboxylic acids is 1. The molecule has 0 radical (unpaired) electrons. The molecule has 1 aromatic carbocycles. The SMILES string of the molecule is COc1cc(-c2csc(NC(=O)C(/C=C\N)=C/N)n2)ccc1O. The van der Waals surface area contributed by atoms with Gasteiger partial charge in [-0.2, -0.15) is 0 Å². The summed E-state index contributed by atoms with van der Waals surface area (Å²) in [5, 5.41) is 14.5. The lowest BCUT2D eigenvalue weighted by molar-refractivity contribution is -0.112. The van der Waals surface area contributed by atoms with Gasteiger partial charge in [-0.15, -0.1) is 11.3 Å². The molecular weight excluding hydrogens is 316 g/mol. The number of thiazole rings is 1. The van der Waals surface area contributed by atoms with Gasteiger partial charge in [0.2, 0.25) is 0 Å². The molecule has 120 valence electrons. The molecule has 0 saturated carbocycles. The van der Waals surface area contributed by atoms with E-state index in [1.165, 1.54) is 36.8 Å². The molecule has 0 aliphatic heterocycles. The molecule has 2 aromatic rings. The van der Waals surface area contributed by atoms with Gasteiger partial charge in [0.1, 0.15) is 0 Å². The van der Waals surface area contributed by atoms with Crippen molar-refractivity contribution in [1.82, 2.24) is 4.98 Å². The van der Waals surface area contributed by atoms with E-state index >= 15 is 0 Å². The second kappa shape index (κ2) is 7.32. The van der Waals surface area contributed by atoms with Crippen molar-refractivity contribution in [2.75, 3.05) is 12.4 Å². The predicted octanol–water partition coefficient (Wildman–Crippen LogP) is 1.78. The van der Waals surface area contributed by atoms with Crippen LogP contribution < -0.4 is 21.5 Å². The van der Waals surface area contributed by atoms with Gasteiger partial charge in [-0.3, -0.25) is 10.1 Å². The molecule has 0 saturated heterocycles. The molecule has 1 aromatic heterocycles. The summed E-state index contributed by atoms with van der Waals surface area (Å²) in [5.41, 5.74) is 12.3. The Bertz CT molecular complexity index is 768. The van der Waals surface area contributed by atoms with Crippen LogP contribution in [0.2, 0.25) is 0 Å². The second-order valence-electron chi connectivity index (χ2n) is 4.36. The van der Waals surface area contributed by atoms with Gasteiger partial charge in [0.25, 0.3) is 5.91 Å². The zero-order valence-electron chi connectivity index (χ0n) is 12.3. The quantitative estimate of drug-likeness (QED) is 0.489. The lowest BCUT2D eigenvalue weighted by Crippen LogP contribution is -2.14. The van der Waals surface area contributed by atoms with Crippen LogP contribution in [0.15, 0.2) is 47.6 Å². The minimum absolute atomic E-state index is 0.0475. The summed E-state index contributed by atoms with van der Waals surface area (Å²) < 4.78 is 5.07. The van der Waals surface area contributed by atoms with E-state index in [1.807, 2.05) is 0 Å². The molecule has 0 spiro atoms. The van der Waals surface area contributed by atoms with Gasteiger partial charge in [0, 0.05) is 17.1 Å². The van der Waals surface area contributed by atoms with Crippen molar-refractivity contribution >= 4 is 22.4 Å². The number of anilines is 1. The first-order valence-electron chi connectivity index (χ1n) is 6.53. The number of nitrogens with one attached hydrogen (secondary N) is 1. The molecule has 6 N–H and O–H groups in total. The van der Waals surface area contributed by atoms with Crippen LogP contribution in [-0.2, 0) is 4.79 Å². The molecule has 0 atom stereocenters. The zero-order valence-corrected chi connectivity index (χ0v) is 13.1. The Kier molecular flexibility index (Phi) is 5.21. The van der Waals surface area contributed by atoms with Gasteiger partial charge >= 0.3 is 0 Å². The number of nitrogens with zero attached hydrogens (tertiary/aromatic N) is 1. The fraction of sp³-hybridized carbons (Fsp3) is 0.0667. The van der Waals surface area contributed by atoms with Gasteiger partial charge in [0.05, 0.1) is 18.4 Å². The monoisotopic (exact) mass is 332 g/mol. The molecule has 2 rings (SSSR count). The summed E-state index contributed by atoms with van der Waals surface area (Å²) in [4.78, 5) is 16.3. The van der Waals surface area contributed by atoms with Gasteiger partial charge in [0.15, 0.2) is 16.6 Å². The van der Waals surface area contributed by atoms with E-state index < -0.39 is 5.91 Å². The van der Waals surface area contributed by atoms with Gasteiger partial charge in [-0.1, -0.05) is 0 Å². The van der Waals surface area contributed by atoms with Crippen molar-refractivity contribution in [3.63, 3.8) is 0 Å². The third-order valence-corrected chi connectivity index (χ3v) is 3.68. The summed E-state index contributed by atoms with van der Waals surface area (Å²) in [5.74, 6) is -0.00721. The van der Waals surface area contributed by atoms with Crippen LogP contribution in [0.1, 0.15) is 0 Å². The number of nitrogens with two attached hydrogens (primary N) is 2. The lowest BCUT2D eigenvalue weighted by Gasteiger charge is -2.04. The number of ether oxygens (including phenoxy) is 1. The topological polar surface area (TPSA) is 123 Å². The molecule has 0 bridgehead atoms. The number of hydrogen-bond acceptors (Lipinski definition) is 7. The van der Waals surface area contributed by atoms with Crippen molar-refractivity contribution in [3.8, 4) is 22.8 Å². The number of phenols is 1. The van der Waals surface area contributed by atoms with Crippen LogP contribution in [0.3, 0.4) is 0 Å². The molecule has 7 nitrogen and oxygen atoms in total. The van der Waals surface area contributed by atoms with Crippen molar-refractivity contribution in [1.29, 1.82) is 0 Å². The molecule has 0 aliphatic carbocycles. The average Bonchev–Trinajstić information content (AvgIpc) is 3.01. The Hall–Kier alpha value is -3.00. The number of methoxy groups -OCH3 is 1. The van der Waals surface area contributed by atoms with Gasteiger partial charge < -0.3 is 21.3 Å². The normalized spacial score (nSPS) is 11.6. The third-order valence-electron chi connectivity index (χ3n) is 2.92. The zero-order chi connectivity index (χ0) is 16.8. The Morgan fingerprint density at radius 2 is 2.22 bits per heavy atom. The van der Waals surface area contributed by atoms with E-state index in [0.717, 1.165) is 11.8 Å². The van der Waals surface area contributed by atoms with E-state index in [4.69, 9.17) is 16.2 Å². The average molecular weight is 332 g/mol. The Balaban J connectivity index is 2.19. The fourth-order valence-corrected chi connectivity index (χ4v) is 2.50. The number of hydrogen-bond donors (Lipinski definition) is 4. The molecule has 1 heterocycles. The highest BCUT2D eigenvalue weighted by Gasteiger charge is 2.12. The molecule has 0 aliphatic rings. The summed E-state index contributed by atoms with van der Waals surface area (Å²) in [6, 6.07) is 4.90. The molecule has 23 heavy (non-hydrogen) atoms. The minimum atomic E-state index is -0.404. The van der Waals surface area contributed by atoms with Crippen LogP contribution in [0.4, 0.5) is 5.13 Å². The molecule has 0 unspecified atom stereocenters. The summed E-state index contributed by atoms with van der Waals surface area (Å²) >= 11 is 1.27. The van der Waals surface area contributed by atoms with Gasteiger partial charge in [-0.05, 0) is 30.5 Å². The maximum absolute atomic E-state index is 12.0. The molecule has 0 fully saturated rings. The first-order valence-corrected chi connectivity index (χ1v) is 7.41. The van der Waals surface area contributed by atoms with Crippen LogP contribution in [0.25, 0.3) is 11.3 Å². The van der Waals surface area contributed by atoms with Crippen LogP contribution in [-0.4, -0.2) is 23.1 Å². The first-order chi connectivity index (χ1) is 11.1. The third kappa shape index (κ3) is 3.80. The minimum Gasteiger partial charge on any atom is -0.504 e. The van der Waals surface area contributed by atoms with Crippen molar-refractivity contribution < 1.29 is 14.6 Å². The Morgan fingerprint density at radius 3 is 2.87 bits per heavy atom. The van der Waals surface area contributed by atoms with Crippen molar-refractivity contribution in [2.24, 2.45) is 11.5 Å². The maximum atomic E-state index is 12.0. The standard InChI is InChI=1S/C15H16N4O3S/c1-22-13-6-9(2-3-12(13)20)11-8-23-15(18-11)19-14(21)10(7-17)4-5-16/h2-8,20H,16-17H2,1H3,(H,18,19,21)/b5-4-,10-7+. The number of carbonyl (C=O) groups is 1. The Labute approximate surface area is 136 Å². The highest BCUT2D eigenvalue weighted by molar-refractivity contribution is 7.14. The summed E-state index contributed by atoms with van der Waals surface area (Å²) in [6.07, 6.45) is 3.79. The predicted molar refractivity (Wildman–Crippen MR) is 90.0 cm³/mol. The van der Waals surface area contributed by atoms with Crippen LogP contribution >= 0.6 is 11.3 Å². The number of benzene rings is 1. The van der Waals surface area contributed by atoms with Crippen LogP contribution in [0, 0.1) is 0 Å². The lowest BCUT2D eigenvalue weighted by atomic mass is 10.1. The van der Waals surface area contributed by atoms with E-state index in [9.17, 15) is 9.90 Å². The molecule has 1 amide bonds. The number of rotatable bonds is 5. The van der Waals surface area contributed by atoms with Crippen LogP contribution in [0.5, 0.6) is 11.5 Å². The molecular formula is C15H16N4O3S. The molecule has 8 heteroatoms. The fourth-order valence-electron chi connectivity index (χ4n) is 1.78. The van der Waals surface area contributed by atoms with Gasteiger partial charge in [-0.25, -0.2) is 4.98 Å². The Morgan fingerprint density at radius 1 is 1.43 bits per heavy atom. The number of phenolic OH excluding ortho intramolecular Hbond substituents is 1. The highest BCUT2D eigenvalue weighted by atomic mass is 32.1. The number of aromatic nitrogens is 1. The highest BCUT2D eigenvalue weighted by Crippen LogP contribution is 2.32. The smallest absolute Gasteiger partial charge is 0.258 e. The second-order valence-corrected chi connectivity index (χ2v) is 5.22. The number of amides is 1. The van der Waals surface area contributed by atoms with Crippen molar-refractivity contribution in [3.05, 3.63) is 47.6 Å². The van der Waals surface area contributed by atoms with E-state index in [1.54, 1.807) is 17.5 Å². The van der Waals surface area contributed by atoms with E-state index in [0.29, 0.717) is 16.6 Å². The summed E-state index contributed by atoms with van der Waals surface area (Å²) in [7, 11) is 1.47.